The zero-order valence-electron chi connectivity index (χ0n) is 19.5. The second-order valence-corrected chi connectivity index (χ2v) is 9.98. The molecule has 1 saturated carbocycles. The van der Waals surface area contributed by atoms with Gasteiger partial charge in [0.15, 0.2) is 6.10 Å². The topological polar surface area (TPSA) is 76.5 Å². The molecule has 0 unspecified atom stereocenters. The van der Waals surface area contributed by atoms with E-state index in [0.29, 0.717) is 32.5 Å². The molecular weight excluding hydrogens is 428 g/mol. The molecule has 1 N–H and O–H groups in total. The molecule has 176 valence electrons. The SMILES string of the molecule is Cn1c(CCNC(=O)[C@@H]2CC23CCN(C(=O)[C@@H]2Cc4ccccc4O2)CC3)nc2ccccc21. The smallest absolute Gasteiger partial charge is 0.263 e. The van der Waals surface area contributed by atoms with Gasteiger partial charge in [0.25, 0.3) is 5.91 Å². The number of hydrogen-bond donors (Lipinski definition) is 1. The van der Waals surface area contributed by atoms with Crippen LogP contribution in [0.3, 0.4) is 0 Å². The Bertz CT molecular complexity index is 1230. The van der Waals surface area contributed by atoms with E-state index in [1.807, 2.05) is 54.4 Å². The molecule has 2 atom stereocenters. The van der Waals surface area contributed by atoms with E-state index in [2.05, 4.69) is 20.9 Å². The third-order valence-electron chi connectivity index (χ3n) is 8.03. The summed E-state index contributed by atoms with van der Waals surface area (Å²) in [5.74, 6) is 2.10. The second kappa shape index (κ2) is 8.15. The Morgan fingerprint density at radius 3 is 2.68 bits per heavy atom. The Morgan fingerprint density at radius 2 is 1.88 bits per heavy atom. The maximum Gasteiger partial charge on any atom is 0.263 e. The fourth-order valence-electron chi connectivity index (χ4n) is 5.81. The van der Waals surface area contributed by atoms with Gasteiger partial charge >= 0.3 is 0 Å². The first-order valence-corrected chi connectivity index (χ1v) is 12.3. The Kier molecular flexibility index (Phi) is 5.08. The summed E-state index contributed by atoms with van der Waals surface area (Å²) in [7, 11) is 2.02. The van der Waals surface area contributed by atoms with Crippen molar-refractivity contribution in [3.8, 4) is 5.75 Å². The number of nitrogens with one attached hydrogen (secondary N) is 1. The first-order chi connectivity index (χ1) is 16.5. The number of benzene rings is 2. The normalized spacial score (nSPS) is 22.4. The van der Waals surface area contributed by atoms with Crippen molar-refractivity contribution in [3.05, 3.63) is 59.9 Å². The molecule has 3 aromatic rings. The highest BCUT2D eigenvalue weighted by atomic mass is 16.5. The molecule has 2 amide bonds. The lowest BCUT2D eigenvalue weighted by molar-refractivity contribution is -0.139. The van der Waals surface area contributed by atoms with E-state index in [4.69, 9.17) is 4.74 Å². The van der Waals surface area contributed by atoms with Gasteiger partial charge < -0.3 is 19.5 Å². The zero-order valence-corrected chi connectivity index (χ0v) is 19.5. The first kappa shape index (κ1) is 21.2. The van der Waals surface area contributed by atoms with Crippen molar-refractivity contribution in [1.82, 2.24) is 19.8 Å². The number of carbonyl (C=O) groups is 2. The lowest BCUT2D eigenvalue weighted by Crippen LogP contribution is -2.46. The summed E-state index contributed by atoms with van der Waals surface area (Å²) in [5.41, 5.74) is 3.27. The average molecular weight is 459 g/mol. The van der Waals surface area contributed by atoms with E-state index in [-0.39, 0.29) is 23.1 Å². The third kappa shape index (κ3) is 3.63. The van der Waals surface area contributed by atoms with Crippen molar-refractivity contribution < 1.29 is 14.3 Å². The number of imidazole rings is 1. The van der Waals surface area contributed by atoms with Gasteiger partial charge in [-0.2, -0.15) is 0 Å². The first-order valence-electron chi connectivity index (χ1n) is 12.3. The summed E-state index contributed by atoms with van der Waals surface area (Å²) in [6, 6.07) is 16.0. The number of likely N-dealkylation sites (tertiary alicyclic amines) is 1. The fourth-order valence-corrected chi connectivity index (χ4v) is 5.81. The number of aryl methyl sites for hydroxylation is 1. The highest BCUT2D eigenvalue weighted by Gasteiger charge is 2.58. The fraction of sp³-hybridized carbons (Fsp3) is 0.444. The number of carbonyl (C=O) groups excluding carboxylic acids is 2. The van der Waals surface area contributed by atoms with Gasteiger partial charge in [0.2, 0.25) is 5.91 Å². The van der Waals surface area contributed by atoms with E-state index in [1.165, 1.54) is 0 Å². The Labute approximate surface area is 199 Å². The van der Waals surface area contributed by atoms with Gasteiger partial charge in [0.05, 0.1) is 11.0 Å². The molecule has 0 radical (unpaired) electrons. The molecule has 3 aliphatic rings. The highest BCUT2D eigenvalue weighted by molar-refractivity contribution is 5.84. The summed E-state index contributed by atoms with van der Waals surface area (Å²) in [4.78, 5) is 32.5. The van der Waals surface area contributed by atoms with Gasteiger partial charge in [-0.15, -0.1) is 0 Å². The molecule has 1 spiro atoms. The molecule has 1 aliphatic carbocycles. The van der Waals surface area contributed by atoms with Gasteiger partial charge in [0, 0.05) is 45.4 Å². The second-order valence-electron chi connectivity index (χ2n) is 9.98. The van der Waals surface area contributed by atoms with Gasteiger partial charge in [-0.05, 0) is 48.4 Å². The molecule has 6 rings (SSSR count). The molecule has 7 heteroatoms. The van der Waals surface area contributed by atoms with Gasteiger partial charge in [-0.3, -0.25) is 9.59 Å². The van der Waals surface area contributed by atoms with Crippen LogP contribution in [-0.4, -0.2) is 52.0 Å². The van der Waals surface area contributed by atoms with Crippen molar-refractivity contribution >= 4 is 22.8 Å². The Morgan fingerprint density at radius 1 is 1.12 bits per heavy atom. The van der Waals surface area contributed by atoms with Gasteiger partial charge in [-0.25, -0.2) is 4.98 Å². The largest absolute Gasteiger partial charge is 0.480 e. The molecule has 3 heterocycles. The summed E-state index contributed by atoms with van der Waals surface area (Å²) < 4.78 is 7.99. The summed E-state index contributed by atoms with van der Waals surface area (Å²) in [6.07, 6.45) is 3.66. The van der Waals surface area contributed by atoms with Crippen LogP contribution in [0.2, 0.25) is 0 Å². The number of piperidine rings is 1. The van der Waals surface area contributed by atoms with Crippen LogP contribution in [-0.2, 0) is 29.5 Å². The molecule has 7 nitrogen and oxygen atoms in total. The monoisotopic (exact) mass is 458 g/mol. The molecule has 2 aromatic carbocycles. The molecule has 2 aliphatic heterocycles. The molecule has 34 heavy (non-hydrogen) atoms. The minimum atomic E-state index is -0.410. The van der Waals surface area contributed by atoms with E-state index < -0.39 is 6.10 Å². The van der Waals surface area contributed by atoms with E-state index in [1.54, 1.807) is 0 Å². The van der Waals surface area contributed by atoms with Crippen LogP contribution in [0.5, 0.6) is 5.75 Å². The maximum absolute atomic E-state index is 13.0. The van der Waals surface area contributed by atoms with Crippen LogP contribution in [0.1, 0.15) is 30.7 Å². The minimum Gasteiger partial charge on any atom is -0.480 e. The standard InChI is InChI=1S/C27H30N4O3/c1-30-21-8-4-3-7-20(21)29-24(30)10-13-28-25(32)19-17-27(19)11-14-31(15-12-27)26(33)23-16-18-6-2-5-9-22(18)34-23/h2-9,19,23H,10-17H2,1H3,(H,28,32)/t19-,23-/m0/s1. The van der Waals surface area contributed by atoms with Crippen LogP contribution in [0.15, 0.2) is 48.5 Å². The Hall–Kier alpha value is -3.35. The quantitative estimate of drug-likeness (QED) is 0.638. The summed E-state index contributed by atoms with van der Waals surface area (Å²) in [6.45, 7) is 2.00. The van der Waals surface area contributed by atoms with Crippen molar-refractivity contribution in [1.29, 1.82) is 0 Å². The number of fused-ring (bicyclic) bond motifs is 2. The van der Waals surface area contributed by atoms with Crippen molar-refractivity contribution in [2.45, 2.75) is 38.2 Å². The number of ether oxygens (including phenoxy) is 1. The van der Waals surface area contributed by atoms with Crippen LogP contribution in [0.25, 0.3) is 11.0 Å². The van der Waals surface area contributed by atoms with E-state index >= 15 is 0 Å². The van der Waals surface area contributed by atoms with Crippen LogP contribution in [0.4, 0.5) is 0 Å². The van der Waals surface area contributed by atoms with Crippen molar-refractivity contribution in [2.75, 3.05) is 19.6 Å². The van der Waals surface area contributed by atoms with Crippen LogP contribution >= 0.6 is 0 Å². The Balaban J connectivity index is 0.983. The maximum atomic E-state index is 13.0. The summed E-state index contributed by atoms with van der Waals surface area (Å²) in [5, 5.41) is 3.13. The predicted molar refractivity (Wildman–Crippen MR) is 128 cm³/mol. The van der Waals surface area contributed by atoms with Crippen LogP contribution in [0, 0.1) is 11.3 Å². The van der Waals surface area contributed by atoms with E-state index in [0.717, 1.165) is 47.4 Å². The van der Waals surface area contributed by atoms with Crippen molar-refractivity contribution in [3.63, 3.8) is 0 Å². The van der Waals surface area contributed by atoms with Gasteiger partial charge in [0.1, 0.15) is 11.6 Å². The number of para-hydroxylation sites is 3. The van der Waals surface area contributed by atoms with Crippen LogP contribution < -0.4 is 10.1 Å². The van der Waals surface area contributed by atoms with E-state index in [9.17, 15) is 9.59 Å². The molecule has 2 fully saturated rings. The number of amides is 2. The third-order valence-corrected chi connectivity index (χ3v) is 8.03. The lowest BCUT2D eigenvalue weighted by atomic mass is 9.90. The predicted octanol–water partition coefficient (Wildman–Crippen LogP) is 2.86. The zero-order chi connectivity index (χ0) is 23.3. The summed E-state index contributed by atoms with van der Waals surface area (Å²) >= 11 is 0. The molecular formula is C27H30N4O3. The number of rotatable bonds is 5. The molecule has 1 saturated heterocycles. The highest BCUT2D eigenvalue weighted by Crippen LogP contribution is 2.59. The molecule has 0 bridgehead atoms. The van der Waals surface area contributed by atoms with Crippen molar-refractivity contribution in [2.24, 2.45) is 18.4 Å². The number of hydrogen-bond acceptors (Lipinski definition) is 4. The number of nitrogens with zero attached hydrogens (tertiary/aromatic N) is 3. The molecule has 1 aromatic heterocycles. The van der Waals surface area contributed by atoms with Gasteiger partial charge in [-0.1, -0.05) is 30.3 Å². The minimum absolute atomic E-state index is 0.0668. The average Bonchev–Trinajstić information content (AvgIpc) is 3.22. The lowest BCUT2D eigenvalue weighted by Gasteiger charge is -2.34. The number of aromatic nitrogens is 2.